The first-order valence-electron chi connectivity index (χ1n) is 20.3. The number of hydrogen-bond acceptors (Lipinski definition) is 4. The SMILES string of the molecule is Cc1cc2c([c-]c1Oc1[c-]c(C3=N[C@]4(C)Cc5ccccc5-c5ccccc5[C@]4(C)O3)cc(C(C)C)c1)-n1c3ncccc3c3cc(C(C)(C)C)cc(c31)C2(C)C.[Pt+2]. The Labute approximate surface area is 356 Å². The molecule has 2 aliphatic heterocycles. The monoisotopic (exact) mass is 942 g/mol. The minimum Gasteiger partial charge on any atom is -0.508 e. The summed E-state index contributed by atoms with van der Waals surface area (Å²) >= 11 is 0. The van der Waals surface area contributed by atoms with Crippen molar-refractivity contribution in [3.63, 3.8) is 0 Å². The second-order valence-corrected chi connectivity index (χ2v) is 18.7. The summed E-state index contributed by atoms with van der Waals surface area (Å²) < 4.78 is 16.3. The van der Waals surface area contributed by atoms with Crippen LogP contribution in [0.4, 0.5) is 0 Å². The van der Waals surface area contributed by atoms with Gasteiger partial charge >= 0.3 is 21.1 Å². The van der Waals surface area contributed by atoms with E-state index in [-0.39, 0.29) is 37.8 Å². The molecular formula is C52H49N3O2Pt. The van der Waals surface area contributed by atoms with Crippen molar-refractivity contribution in [2.75, 3.05) is 0 Å². The van der Waals surface area contributed by atoms with E-state index in [9.17, 15) is 0 Å². The molecule has 0 unspecified atom stereocenters. The van der Waals surface area contributed by atoms with Gasteiger partial charge < -0.3 is 14.0 Å². The summed E-state index contributed by atoms with van der Waals surface area (Å²) in [6.45, 7) is 22.5. The Morgan fingerprint density at radius 3 is 2.31 bits per heavy atom. The fourth-order valence-electron chi connectivity index (χ4n) is 9.57. The fraction of sp³-hybridized carbons (Fsp3) is 0.308. The zero-order chi connectivity index (χ0) is 39.8. The van der Waals surface area contributed by atoms with Crippen molar-refractivity contribution in [3.05, 3.63) is 154 Å². The minimum atomic E-state index is -0.695. The number of pyridine rings is 1. The van der Waals surface area contributed by atoms with E-state index in [4.69, 9.17) is 19.5 Å². The molecule has 0 radical (unpaired) electrons. The second-order valence-electron chi connectivity index (χ2n) is 18.7. The average Bonchev–Trinajstić information content (AvgIpc) is 3.63. The Kier molecular flexibility index (Phi) is 8.64. The van der Waals surface area contributed by atoms with Gasteiger partial charge in [0.2, 0.25) is 0 Å². The third-order valence-corrected chi connectivity index (χ3v) is 13.2. The maximum absolute atomic E-state index is 7.11. The molecule has 10 rings (SSSR count). The molecule has 2 aromatic heterocycles. The van der Waals surface area contributed by atoms with E-state index in [2.05, 4.69) is 171 Å². The summed E-state index contributed by atoms with van der Waals surface area (Å²) in [6.07, 6.45) is 2.64. The summed E-state index contributed by atoms with van der Waals surface area (Å²) in [7, 11) is 0. The van der Waals surface area contributed by atoms with Crippen LogP contribution < -0.4 is 4.74 Å². The van der Waals surface area contributed by atoms with Gasteiger partial charge in [0, 0.05) is 40.5 Å². The van der Waals surface area contributed by atoms with E-state index in [0.717, 1.165) is 45.4 Å². The van der Waals surface area contributed by atoms with Crippen molar-refractivity contribution in [1.29, 1.82) is 0 Å². The molecule has 294 valence electrons. The van der Waals surface area contributed by atoms with Crippen LogP contribution in [0.5, 0.6) is 11.5 Å². The summed E-state index contributed by atoms with van der Waals surface area (Å²) in [5.74, 6) is 2.10. The molecule has 0 N–H and O–H groups in total. The average molecular weight is 943 g/mol. The van der Waals surface area contributed by atoms with Crippen LogP contribution in [-0.2, 0) is 48.7 Å². The third-order valence-electron chi connectivity index (χ3n) is 13.2. The van der Waals surface area contributed by atoms with E-state index in [1.807, 2.05) is 12.3 Å². The number of ether oxygens (including phenoxy) is 2. The zero-order valence-electron chi connectivity index (χ0n) is 35.0. The largest absolute Gasteiger partial charge is 2.00 e. The maximum atomic E-state index is 7.11. The molecule has 0 saturated heterocycles. The Morgan fingerprint density at radius 2 is 1.55 bits per heavy atom. The van der Waals surface area contributed by atoms with Gasteiger partial charge in [-0.2, -0.15) is 6.07 Å². The van der Waals surface area contributed by atoms with Crippen LogP contribution in [0.2, 0.25) is 0 Å². The van der Waals surface area contributed by atoms with Crippen molar-refractivity contribution in [2.45, 2.75) is 104 Å². The Bertz CT molecular complexity index is 2880. The number of benzene rings is 5. The molecule has 4 heterocycles. The van der Waals surface area contributed by atoms with Crippen molar-refractivity contribution in [1.82, 2.24) is 9.55 Å². The topological polar surface area (TPSA) is 48.6 Å². The van der Waals surface area contributed by atoms with Crippen LogP contribution >= 0.6 is 0 Å². The van der Waals surface area contributed by atoms with Crippen molar-refractivity contribution < 1.29 is 30.5 Å². The van der Waals surface area contributed by atoms with Crippen LogP contribution in [0.3, 0.4) is 0 Å². The predicted octanol–water partition coefficient (Wildman–Crippen LogP) is 12.6. The van der Waals surface area contributed by atoms with Gasteiger partial charge in [0.25, 0.3) is 0 Å². The maximum Gasteiger partial charge on any atom is 2.00 e. The van der Waals surface area contributed by atoms with Crippen LogP contribution in [0, 0.1) is 19.1 Å². The van der Waals surface area contributed by atoms with Gasteiger partial charge in [-0.1, -0.05) is 133 Å². The number of nitrogens with zero attached hydrogens (tertiary/aromatic N) is 3. The van der Waals surface area contributed by atoms with Gasteiger partial charge in [0.15, 0.2) is 0 Å². The molecule has 5 aromatic carbocycles. The van der Waals surface area contributed by atoms with Crippen LogP contribution in [0.15, 0.2) is 102 Å². The zero-order valence-corrected chi connectivity index (χ0v) is 37.3. The Balaban J connectivity index is 0.00000436. The molecule has 0 fully saturated rings. The van der Waals surface area contributed by atoms with E-state index in [0.29, 0.717) is 17.4 Å². The predicted molar refractivity (Wildman–Crippen MR) is 231 cm³/mol. The van der Waals surface area contributed by atoms with Gasteiger partial charge in [0.05, 0.1) is 11.1 Å². The first kappa shape index (κ1) is 38.5. The van der Waals surface area contributed by atoms with E-state index in [1.54, 1.807) is 0 Å². The van der Waals surface area contributed by atoms with E-state index in [1.165, 1.54) is 44.3 Å². The Morgan fingerprint density at radius 1 is 0.810 bits per heavy atom. The summed E-state index contributed by atoms with van der Waals surface area (Å²) in [4.78, 5) is 10.4. The quantitative estimate of drug-likeness (QED) is 0.165. The normalized spacial score (nSPS) is 20.0. The number of hydrogen-bond donors (Lipinski definition) is 0. The first-order valence-corrected chi connectivity index (χ1v) is 20.3. The summed E-state index contributed by atoms with van der Waals surface area (Å²) in [5.41, 5.74) is 13.2. The third kappa shape index (κ3) is 5.52. The molecule has 7 aromatic rings. The van der Waals surface area contributed by atoms with E-state index >= 15 is 0 Å². The molecule has 6 heteroatoms. The van der Waals surface area contributed by atoms with Crippen LogP contribution in [0.1, 0.15) is 113 Å². The number of fused-ring (bicyclic) bond motifs is 10. The number of rotatable bonds is 4. The van der Waals surface area contributed by atoms with Gasteiger partial charge in [0.1, 0.15) is 17.1 Å². The summed E-state index contributed by atoms with van der Waals surface area (Å²) in [5, 5.41) is 2.37. The van der Waals surface area contributed by atoms with Crippen LogP contribution in [0.25, 0.3) is 38.8 Å². The minimum absolute atomic E-state index is 0. The van der Waals surface area contributed by atoms with Gasteiger partial charge in [-0.3, -0.25) is 4.99 Å². The molecule has 58 heavy (non-hydrogen) atoms. The molecule has 1 aliphatic carbocycles. The molecule has 0 amide bonds. The summed E-state index contributed by atoms with van der Waals surface area (Å²) in [6, 6.07) is 40.3. The number of aryl methyl sites for hydroxylation is 1. The van der Waals surface area contributed by atoms with Gasteiger partial charge in [-0.15, -0.1) is 28.8 Å². The van der Waals surface area contributed by atoms with Crippen molar-refractivity contribution in [3.8, 4) is 28.3 Å². The molecule has 5 nitrogen and oxygen atoms in total. The van der Waals surface area contributed by atoms with Crippen LogP contribution in [-0.4, -0.2) is 21.0 Å². The Hall–Kier alpha value is -4.99. The molecule has 2 atom stereocenters. The standard InChI is InChI=1S/C52H49N3O2.Pt/c1-30(2)33-23-34(48-54-51(9)29-32-16-11-12-17-37(32)38-18-13-14-20-41(38)52(51,10)57-48)25-36(24-33)56-45-28-44-42(22-31(45)3)50(7,8)43-27-35(49(4,5)6)26-40-39-19-15-21-53-47(39)55(44)46(40)43;/h11-24,26-27,30H,29H2,1-10H3;/q-2;+2/t51-,52+;/m1./s1. The molecule has 0 spiro atoms. The molecule has 0 saturated carbocycles. The fourth-order valence-corrected chi connectivity index (χ4v) is 9.57. The van der Waals surface area contributed by atoms with Crippen molar-refractivity contribution in [2.24, 2.45) is 4.99 Å². The molecule has 0 bridgehead atoms. The second kappa shape index (κ2) is 13.0. The molecular weight excluding hydrogens is 894 g/mol. The number of aliphatic imine (C=N–C) groups is 1. The van der Waals surface area contributed by atoms with Crippen molar-refractivity contribution >= 4 is 27.8 Å². The number of aromatic nitrogens is 2. The van der Waals surface area contributed by atoms with Gasteiger partial charge in [-0.05, 0) is 76.6 Å². The first-order chi connectivity index (χ1) is 27.1. The van der Waals surface area contributed by atoms with Gasteiger partial charge in [-0.25, -0.2) is 4.98 Å². The molecule has 3 aliphatic rings. The smallest absolute Gasteiger partial charge is 0.508 e. The van der Waals surface area contributed by atoms with E-state index < -0.39 is 11.1 Å².